The van der Waals surface area contributed by atoms with Crippen LogP contribution in [0, 0.1) is 0 Å². The highest BCUT2D eigenvalue weighted by Gasteiger charge is 2.26. The van der Waals surface area contributed by atoms with Crippen molar-refractivity contribution in [1.29, 1.82) is 0 Å². The van der Waals surface area contributed by atoms with Gasteiger partial charge in [-0.15, -0.1) is 11.8 Å². The first-order valence-electron chi connectivity index (χ1n) is 3.88. The van der Waals surface area contributed by atoms with E-state index in [0.29, 0.717) is 0 Å². The van der Waals surface area contributed by atoms with Crippen molar-refractivity contribution in [2.24, 2.45) is 0 Å². The summed E-state index contributed by atoms with van der Waals surface area (Å²) in [5.41, 5.74) is 0. The van der Waals surface area contributed by atoms with Crippen molar-refractivity contribution in [3.63, 3.8) is 0 Å². The lowest BCUT2D eigenvalue weighted by Gasteiger charge is -2.17. The first-order valence-corrected chi connectivity index (χ1v) is 4.86. The zero-order valence-electron chi connectivity index (χ0n) is 7.39. The van der Waals surface area contributed by atoms with Crippen LogP contribution in [0.3, 0.4) is 0 Å². The van der Waals surface area contributed by atoms with Gasteiger partial charge >= 0.3 is 5.97 Å². The number of rotatable bonds is 5. The zero-order chi connectivity index (χ0) is 8.91. The Hall–Kier alpha value is -0.180. The largest absolute Gasteiger partial charge is 0.480 e. The number of carbonyl (C=O) groups is 1. The molecule has 2 nitrogen and oxygen atoms in total. The maximum Gasteiger partial charge on any atom is 0.319 e. The molecule has 0 saturated carbocycles. The summed E-state index contributed by atoms with van der Waals surface area (Å²) in [5.74, 6) is 0.217. The fraction of sp³-hybridized carbons (Fsp3) is 0.875. The zero-order valence-corrected chi connectivity index (χ0v) is 8.20. The number of hydrogen-bond acceptors (Lipinski definition) is 2. The van der Waals surface area contributed by atoms with Crippen molar-refractivity contribution in [3.8, 4) is 0 Å². The molecule has 0 amide bonds. The van der Waals surface area contributed by atoms with Crippen LogP contribution in [0.2, 0.25) is 0 Å². The summed E-state index contributed by atoms with van der Waals surface area (Å²) >= 11 is 1.51. The van der Waals surface area contributed by atoms with Gasteiger partial charge in [-0.05, 0) is 26.0 Å². The molecule has 0 rings (SSSR count). The van der Waals surface area contributed by atoms with E-state index in [1.165, 1.54) is 11.8 Å². The molecule has 0 fully saturated rings. The number of carboxylic acid groups (broad SMARTS) is 1. The van der Waals surface area contributed by atoms with E-state index in [0.717, 1.165) is 18.6 Å². The number of thioether (sulfide) groups is 1. The third kappa shape index (κ3) is 4.30. The second-order valence-corrected chi connectivity index (χ2v) is 4.74. The summed E-state index contributed by atoms with van der Waals surface area (Å²) in [7, 11) is 0. The average molecular weight is 176 g/mol. The third-order valence-corrected chi connectivity index (χ3v) is 2.86. The second kappa shape index (κ2) is 4.65. The Morgan fingerprint density at radius 1 is 1.55 bits per heavy atom. The van der Waals surface area contributed by atoms with Crippen LogP contribution in [0.4, 0.5) is 0 Å². The smallest absolute Gasteiger partial charge is 0.319 e. The van der Waals surface area contributed by atoms with Crippen LogP contribution in [0.15, 0.2) is 0 Å². The van der Waals surface area contributed by atoms with Gasteiger partial charge in [0.25, 0.3) is 0 Å². The molecule has 0 aliphatic carbocycles. The monoisotopic (exact) mass is 176 g/mol. The molecule has 3 heteroatoms. The highest BCUT2D eigenvalue weighted by atomic mass is 32.2. The van der Waals surface area contributed by atoms with Crippen molar-refractivity contribution >= 4 is 17.7 Å². The van der Waals surface area contributed by atoms with Crippen molar-refractivity contribution in [2.45, 2.75) is 38.4 Å². The maximum absolute atomic E-state index is 10.6. The van der Waals surface area contributed by atoms with Gasteiger partial charge in [-0.3, -0.25) is 4.79 Å². The molecule has 0 aliphatic rings. The molecule has 0 radical (unpaired) electrons. The summed E-state index contributed by atoms with van der Waals surface area (Å²) in [6.45, 7) is 5.60. The molecule has 11 heavy (non-hydrogen) atoms. The quantitative estimate of drug-likeness (QED) is 0.653. The van der Waals surface area contributed by atoms with E-state index in [1.54, 1.807) is 13.8 Å². The van der Waals surface area contributed by atoms with Gasteiger partial charge in [-0.25, -0.2) is 0 Å². The lowest BCUT2D eigenvalue weighted by atomic mass is 10.2. The molecule has 0 bridgehead atoms. The summed E-state index contributed by atoms with van der Waals surface area (Å²) in [4.78, 5) is 10.6. The molecule has 0 spiro atoms. The minimum Gasteiger partial charge on any atom is -0.480 e. The van der Waals surface area contributed by atoms with E-state index >= 15 is 0 Å². The Morgan fingerprint density at radius 2 is 2.09 bits per heavy atom. The molecule has 0 atom stereocenters. The van der Waals surface area contributed by atoms with Crippen molar-refractivity contribution in [1.82, 2.24) is 0 Å². The summed E-state index contributed by atoms with van der Waals surface area (Å²) in [6, 6.07) is 0. The van der Waals surface area contributed by atoms with Crippen LogP contribution in [-0.4, -0.2) is 21.6 Å². The fourth-order valence-electron chi connectivity index (χ4n) is 0.533. The van der Waals surface area contributed by atoms with Crippen LogP contribution in [0.5, 0.6) is 0 Å². The van der Waals surface area contributed by atoms with Gasteiger partial charge in [-0.1, -0.05) is 13.3 Å². The van der Waals surface area contributed by atoms with E-state index in [4.69, 9.17) is 5.11 Å². The topological polar surface area (TPSA) is 37.3 Å². The van der Waals surface area contributed by atoms with E-state index in [2.05, 4.69) is 6.92 Å². The first kappa shape index (κ1) is 10.8. The van der Waals surface area contributed by atoms with Gasteiger partial charge in [0, 0.05) is 0 Å². The van der Waals surface area contributed by atoms with E-state index in [9.17, 15) is 4.79 Å². The Bertz CT molecular complexity index is 132. The van der Waals surface area contributed by atoms with Gasteiger partial charge in [0.1, 0.15) is 4.75 Å². The van der Waals surface area contributed by atoms with Gasteiger partial charge in [0.2, 0.25) is 0 Å². The first-order chi connectivity index (χ1) is 5.00. The Kier molecular flexibility index (Phi) is 4.57. The molecule has 66 valence electrons. The summed E-state index contributed by atoms with van der Waals surface area (Å²) in [5, 5.41) is 8.72. The molecule has 0 aromatic carbocycles. The Labute approximate surface area is 72.4 Å². The molecule has 0 saturated heterocycles. The van der Waals surface area contributed by atoms with Crippen molar-refractivity contribution in [2.75, 3.05) is 5.75 Å². The van der Waals surface area contributed by atoms with Gasteiger partial charge in [0.05, 0.1) is 0 Å². The predicted octanol–water partition coefficient (Wildman–Crippen LogP) is 2.38. The van der Waals surface area contributed by atoms with Crippen LogP contribution in [-0.2, 0) is 4.79 Å². The summed E-state index contributed by atoms with van der Waals surface area (Å²) in [6.07, 6.45) is 2.23. The van der Waals surface area contributed by atoms with Gasteiger partial charge < -0.3 is 5.11 Å². The number of unbranched alkanes of at least 4 members (excludes halogenated alkanes) is 1. The minimum atomic E-state index is -0.724. The van der Waals surface area contributed by atoms with Gasteiger partial charge in [-0.2, -0.15) is 0 Å². The average Bonchev–Trinajstić information content (AvgIpc) is 1.88. The predicted molar refractivity (Wildman–Crippen MR) is 49.1 cm³/mol. The number of hydrogen-bond donors (Lipinski definition) is 1. The van der Waals surface area contributed by atoms with Crippen molar-refractivity contribution in [3.05, 3.63) is 0 Å². The van der Waals surface area contributed by atoms with Crippen molar-refractivity contribution < 1.29 is 9.90 Å². The molecule has 0 aromatic rings. The second-order valence-electron chi connectivity index (χ2n) is 3.02. The minimum absolute atomic E-state index is 0.616. The third-order valence-electron chi connectivity index (χ3n) is 1.48. The molecular weight excluding hydrogens is 160 g/mol. The number of carboxylic acids is 1. The summed E-state index contributed by atoms with van der Waals surface area (Å²) < 4.78 is -0.616. The molecular formula is C8H16O2S. The fourth-order valence-corrected chi connectivity index (χ4v) is 1.60. The molecule has 0 heterocycles. The van der Waals surface area contributed by atoms with Crippen LogP contribution < -0.4 is 0 Å². The van der Waals surface area contributed by atoms with E-state index in [-0.39, 0.29) is 0 Å². The SMILES string of the molecule is CCCCSC(C)(C)C(=O)O. The van der Waals surface area contributed by atoms with Crippen LogP contribution in [0.25, 0.3) is 0 Å². The Morgan fingerprint density at radius 3 is 2.45 bits per heavy atom. The lowest BCUT2D eigenvalue weighted by Crippen LogP contribution is -2.27. The van der Waals surface area contributed by atoms with E-state index < -0.39 is 10.7 Å². The molecule has 0 unspecified atom stereocenters. The lowest BCUT2D eigenvalue weighted by molar-refractivity contribution is -0.138. The Balaban J connectivity index is 3.64. The normalized spacial score (nSPS) is 11.5. The van der Waals surface area contributed by atoms with Gasteiger partial charge in [0.15, 0.2) is 0 Å². The van der Waals surface area contributed by atoms with Crippen LogP contribution >= 0.6 is 11.8 Å². The molecule has 0 aromatic heterocycles. The molecule has 1 N–H and O–H groups in total. The van der Waals surface area contributed by atoms with Crippen LogP contribution in [0.1, 0.15) is 33.6 Å². The highest BCUT2D eigenvalue weighted by molar-refractivity contribution is 8.01. The molecule has 0 aliphatic heterocycles. The van der Waals surface area contributed by atoms with E-state index in [1.807, 2.05) is 0 Å². The maximum atomic E-state index is 10.6. The highest BCUT2D eigenvalue weighted by Crippen LogP contribution is 2.25. The number of aliphatic carboxylic acids is 1. The standard InChI is InChI=1S/C8H16O2S/c1-4-5-6-11-8(2,3)7(9)10/h4-6H2,1-3H3,(H,9,10).